The van der Waals surface area contributed by atoms with Crippen LogP contribution in [0.25, 0.3) is 0 Å². The van der Waals surface area contributed by atoms with Gasteiger partial charge < -0.3 is 14.3 Å². The smallest absolute Gasteiger partial charge is 0.265 e. The number of piperidine rings is 1. The van der Waals surface area contributed by atoms with Crippen molar-refractivity contribution in [1.82, 2.24) is 20.1 Å². The first-order valence-electron chi connectivity index (χ1n) is 7.19. The highest BCUT2D eigenvalue weighted by molar-refractivity contribution is 5.32. The molecule has 0 bridgehead atoms. The fourth-order valence-corrected chi connectivity index (χ4v) is 2.52. The first kappa shape index (κ1) is 13.8. The van der Waals surface area contributed by atoms with Crippen LogP contribution in [0.15, 0.2) is 16.8 Å². The molecule has 7 heteroatoms. The van der Waals surface area contributed by atoms with Crippen molar-refractivity contribution >= 4 is 11.9 Å². The van der Waals surface area contributed by atoms with Crippen LogP contribution in [-0.2, 0) is 0 Å². The van der Waals surface area contributed by atoms with Gasteiger partial charge in [-0.2, -0.15) is 4.98 Å². The van der Waals surface area contributed by atoms with Crippen molar-refractivity contribution in [1.29, 1.82) is 0 Å². The Hall–Kier alpha value is -2.18. The van der Waals surface area contributed by atoms with Crippen molar-refractivity contribution in [3.8, 4) is 0 Å². The Balaban J connectivity index is 1.76. The van der Waals surface area contributed by atoms with Crippen LogP contribution in [0.2, 0.25) is 0 Å². The molecule has 7 nitrogen and oxygen atoms in total. The fourth-order valence-electron chi connectivity index (χ4n) is 2.52. The molecule has 112 valence electrons. The average molecular weight is 288 g/mol. The van der Waals surface area contributed by atoms with Gasteiger partial charge in [0.1, 0.15) is 0 Å². The van der Waals surface area contributed by atoms with Crippen molar-refractivity contribution < 1.29 is 4.52 Å². The van der Waals surface area contributed by atoms with Gasteiger partial charge in [0.25, 0.3) is 5.95 Å². The lowest BCUT2D eigenvalue weighted by Crippen LogP contribution is -2.35. The van der Waals surface area contributed by atoms with E-state index >= 15 is 0 Å². The molecule has 0 radical (unpaired) electrons. The van der Waals surface area contributed by atoms with Gasteiger partial charge in [0.15, 0.2) is 0 Å². The summed E-state index contributed by atoms with van der Waals surface area (Å²) in [6.45, 7) is 3.76. The molecule has 3 rings (SSSR count). The average Bonchev–Trinajstić information content (AvgIpc) is 2.97. The minimum atomic E-state index is 0.240. The number of hydrogen-bond acceptors (Lipinski definition) is 7. The van der Waals surface area contributed by atoms with Crippen LogP contribution < -0.4 is 9.80 Å². The number of anilines is 2. The van der Waals surface area contributed by atoms with Crippen molar-refractivity contribution in [3.05, 3.63) is 23.8 Å². The standard InChI is InChI=1S/C14H20N6O/c1-10-6-7-15-13(16-10)20-8-4-5-11(9-20)12-17-14(18-21-12)19(2)3/h6-7,11H,4-5,8-9H2,1-3H3/t11-/m1/s1. The summed E-state index contributed by atoms with van der Waals surface area (Å²) in [7, 11) is 3.81. The van der Waals surface area contributed by atoms with E-state index in [1.807, 2.05) is 32.0 Å². The van der Waals surface area contributed by atoms with Gasteiger partial charge in [0, 0.05) is 39.1 Å². The van der Waals surface area contributed by atoms with E-state index in [1.165, 1.54) is 0 Å². The second kappa shape index (κ2) is 5.67. The summed E-state index contributed by atoms with van der Waals surface area (Å²) in [6, 6.07) is 1.91. The maximum atomic E-state index is 5.40. The molecule has 1 aliphatic rings. The van der Waals surface area contributed by atoms with E-state index in [9.17, 15) is 0 Å². The first-order chi connectivity index (χ1) is 10.1. The molecule has 0 amide bonds. The summed E-state index contributed by atoms with van der Waals surface area (Å²) in [4.78, 5) is 17.4. The van der Waals surface area contributed by atoms with Crippen LogP contribution in [0.4, 0.5) is 11.9 Å². The molecule has 21 heavy (non-hydrogen) atoms. The highest BCUT2D eigenvalue weighted by atomic mass is 16.5. The largest absolute Gasteiger partial charge is 0.344 e. The zero-order chi connectivity index (χ0) is 14.8. The summed E-state index contributed by atoms with van der Waals surface area (Å²) in [5.41, 5.74) is 0.981. The molecule has 2 aromatic rings. The van der Waals surface area contributed by atoms with Gasteiger partial charge in [-0.25, -0.2) is 9.97 Å². The van der Waals surface area contributed by atoms with Crippen LogP contribution >= 0.6 is 0 Å². The van der Waals surface area contributed by atoms with E-state index in [1.54, 1.807) is 6.20 Å². The summed E-state index contributed by atoms with van der Waals surface area (Å²) in [5, 5.41) is 3.99. The molecule has 1 fully saturated rings. The molecule has 0 aromatic carbocycles. The monoisotopic (exact) mass is 288 g/mol. The molecule has 1 saturated heterocycles. The Morgan fingerprint density at radius 2 is 2.19 bits per heavy atom. The van der Waals surface area contributed by atoms with Gasteiger partial charge in [-0.05, 0) is 31.0 Å². The molecule has 1 atom stereocenters. The Morgan fingerprint density at radius 3 is 2.90 bits per heavy atom. The molecule has 0 N–H and O–H groups in total. The lowest BCUT2D eigenvalue weighted by molar-refractivity contribution is 0.332. The predicted octanol–water partition coefficient (Wildman–Crippen LogP) is 1.62. The van der Waals surface area contributed by atoms with E-state index in [4.69, 9.17) is 4.52 Å². The van der Waals surface area contributed by atoms with E-state index in [-0.39, 0.29) is 5.92 Å². The molecule has 0 saturated carbocycles. The van der Waals surface area contributed by atoms with Crippen LogP contribution in [-0.4, -0.2) is 47.3 Å². The Bertz CT molecular complexity index is 611. The summed E-state index contributed by atoms with van der Waals surface area (Å²) in [6.07, 6.45) is 3.93. The maximum absolute atomic E-state index is 5.40. The number of hydrogen-bond donors (Lipinski definition) is 0. The van der Waals surface area contributed by atoms with E-state index < -0.39 is 0 Å². The number of nitrogens with zero attached hydrogens (tertiary/aromatic N) is 6. The lowest BCUT2D eigenvalue weighted by Gasteiger charge is -2.30. The van der Waals surface area contributed by atoms with E-state index in [0.29, 0.717) is 11.8 Å². The summed E-state index contributed by atoms with van der Waals surface area (Å²) in [5.74, 6) is 2.35. The van der Waals surface area contributed by atoms with Crippen LogP contribution in [0, 0.1) is 6.92 Å². The minimum Gasteiger partial charge on any atom is -0.344 e. The Labute approximate surface area is 124 Å². The van der Waals surface area contributed by atoms with Crippen molar-refractivity contribution in [2.75, 3.05) is 37.0 Å². The predicted molar refractivity (Wildman–Crippen MR) is 79.6 cm³/mol. The van der Waals surface area contributed by atoms with Gasteiger partial charge in [-0.1, -0.05) is 0 Å². The third-order valence-corrected chi connectivity index (χ3v) is 3.67. The van der Waals surface area contributed by atoms with Gasteiger partial charge in [0.2, 0.25) is 11.8 Å². The summed E-state index contributed by atoms with van der Waals surface area (Å²) >= 11 is 0. The zero-order valence-corrected chi connectivity index (χ0v) is 12.7. The minimum absolute atomic E-state index is 0.240. The number of aromatic nitrogens is 4. The topological polar surface area (TPSA) is 71.2 Å². The SMILES string of the molecule is Cc1ccnc(N2CCC[C@@H](c3nc(N(C)C)no3)C2)n1. The molecule has 0 unspecified atom stereocenters. The molecule has 1 aliphatic heterocycles. The first-order valence-corrected chi connectivity index (χ1v) is 7.19. The third kappa shape index (κ3) is 2.96. The number of aryl methyl sites for hydroxylation is 1. The second-order valence-electron chi connectivity index (χ2n) is 5.61. The molecular weight excluding hydrogens is 268 g/mol. The third-order valence-electron chi connectivity index (χ3n) is 3.67. The normalized spacial score (nSPS) is 18.8. The van der Waals surface area contributed by atoms with Gasteiger partial charge in [0.05, 0.1) is 5.92 Å². The molecular formula is C14H20N6O. The Kier molecular flexibility index (Phi) is 3.72. The van der Waals surface area contributed by atoms with Gasteiger partial charge in [-0.3, -0.25) is 0 Å². The zero-order valence-electron chi connectivity index (χ0n) is 12.7. The highest BCUT2D eigenvalue weighted by Gasteiger charge is 2.27. The van der Waals surface area contributed by atoms with Crippen molar-refractivity contribution in [2.45, 2.75) is 25.7 Å². The quantitative estimate of drug-likeness (QED) is 0.849. The molecule has 0 spiro atoms. The maximum Gasteiger partial charge on any atom is 0.265 e. The van der Waals surface area contributed by atoms with Crippen LogP contribution in [0.1, 0.15) is 30.3 Å². The van der Waals surface area contributed by atoms with Crippen molar-refractivity contribution in [2.24, 2.45) is 0 Å². The summed E-state index contributed by atoms with van der Waals surface area (Å²) < 4.78 is 5.40. The molecule has 0 aliphatic carbocycles. The van der Waals surface area contributed by atoms with Gasteiger partial charge >= 0.3 is 0 Å². The Morgan fingerprint density at radius 1 is 1.33 bits per heavy atom. The van der Waals surface area contributed by atoms with Crippen molar-refractivity contribution in [3.63, 3.8) is 0 Å². The fraction of sp³-hybridized carbons (Fsp3) is 0.571. The molecule has 3 heterocycles. The van der Waals surface area contributed by atoms with Crippen LogP contribution in [0.3, 0.4) is 0 Å². The number of rotatable bonds is 3. The second-order valence-corrected chi connectivity index (χ2v) is 5.61. The van der Waals surface area contributed by atoms with E-state index in [0.717, 1.165) is 37.6 Å². The van der Waals surface area contributed by atoms with E-state index in [2.05, 4.69) is 25.0 Å². The van der Waals surface area contributed by atoms with Gasteiger partial charge in [-0.15, -0.1) is 0 Å². The highest BCUT2D eigenvalue weighted by Crippen LogP contribution is 2.28. The lowest BCUT2D eigenvalue weighted by atomic mass is 9.98. The van der Waals surface area contributed by atoms with Crippen LogP contribution in [0.5, 0.6) is 0 Å². The molecule has 2 aromatic heterocycles.